The van der Waals surface area contributed by atoms with Crippen molar-refractivity contribution in [1.29, 1.82) is 0 Å². The number of aliphatic hydroxyl groups is 1. The largest absolute Gasteiger partial charge is 0.396 e. The van der Waals surface area contributed by atoms with E-state index in [-0.39, 0.29) is 23.5 Å². The van der Waals surface area contributed by atoms with Gasteiger partial charge in [-0.25, -0.2) is 10.8 Å². The average Bonchev–Trinajstić information content (AvgIpc) is 2.53. The molecule has 0 aliphatic heterocycles. The Kier molecular flexibility index (Phi) is 4.92. The average molecular weight is 295 g/mol. The molecular weight excluding hydrogens is 274 g/mol. The molecule has 0 bridgehead atoms. The molecule has 21 heavy (non-hydrogen) atoms. The summed E-state index contributed by atoms with van der Waals surface area (Å²) in [6, 6.07) is 2.81. The number of nitrogen functional groups attached to an aromatic ring is 1. The molecule has 8 heteroatoms. The summed E-state index contributed by atoms with van der Waals surface area (Å²) in [5.41, 5.74) is 2.05. The summed E-state index contributed by atoms with van der Waals surface area (Å²) in [5, 5.41) is 23.7. The van der Waals surface area contributed by atoms with E-state index in [1.54, 1.807) is 0 Å². The molecule has 1 saturated carbocycles. The zero-order chi connectivity index (χ0) is 15.3. The number of nitrogens with one attached hydrogen (secondary N) is 2. The van der Waals surface area contributed by atoms with Crippen LogP contribution in [0.2, 0.25) is 0 Å². The fraction of sp³-hybridized carbons (Fsp3) is 0.615. The van der Waals surface area contributed by atoms with Crippen LogP contribution in [0.1, 0.15) is 32.1 Å². The molecule has 0 atom stereocenters. The van der Waals surface area contributed by atoms with Crippen LogP contribution in [0.4, 0.5) is 17.3 Å². The van der Waals surface area contributed by atoms with Gasteiger partial charge in [0.15, 0.2) is 0 Å². The van der Waals surface area contributed by atoms with E-state index in [1.165, 1.54) is 18.6 Å². The molecule has 1 aromatic rings. The Morgan fingerprint density at radius 3 is 2.67 bits per heavy atom. The van der Waals surface area contributed by atoms with Crippen LogP contribution in [-0.4, -0.2) is 28.2 Å². The third kappa shape index (κ3) is 3.59. The van der Waals surface area contributed by atoms with E-state index in [0.29, 0.717) is 12.4 Å². The molecule has 1 aliphatic rings. The number of nitrogens with zero attached hydrogens (tertiary/aromatic N) is 2. The van der Waals surface area contributed by atoms with Crippen molar-refractivity contribution in [3.63, 3.8) is 0 Å². The summed E-state index contributed by atoms with van der Waals surface area (Å²) >= 11 is 0. The maximum atomic E-state index is 11.0. The summed E-state index contributed by atoms with van der Waals surface area (Å²) in [7, 11) is 0. The predicted octanol–water partition coefficient (Wildman–Crippen LogP) is 1.63. The van der Waals surface area contributed by atoms with Gasteiger partial charge < -0.3 is 15.8 Å². The molecule has 1 fully saturated rings. The van der Waals surface area contributed by atoms with Crippen LogP contribution in [0.5, 0.6) is 0 Å². The van der Waals surface area contributed by atoms with E-state index in [2.05, 4.69) is 15.7 Å². The van der Waals surface area contributed by atoms with Crippen LogP contribution in [0, 0.1) is 15.5 Å². The molecule has 0 spiro atoms. The van der Waals surface area contributed by atoms with Crippen LogP contribution in [0.3, 0.4) is 0 Å². The van der Waals surface area contributed by atoms with Crippen molar-refractivity contribution in [3.8, 4) is 0 Å². The summed E-state index contributed by atoms with van der Waals surface area (Å²) in [4.78, 5) is 14.7. The van der Waals surface area contributed by atoms with Crippen molar-refractivity contribution in [1.82, 2.24) is 4.98 Å². The Hall–Kier alpha value is -1.93. The number of hydrogen-bond acceptors (Lipinski definition) is 7. The first-order valence-electron chi connectivity index (χ1n) is 7.07. The van der Waals surface area contributed by atoms with Gasteiger partial charge in [-0.1, -0.05) is 19.3 Å². The highest BCUT2D eigenvalue weighted by Crippen LogP contribution is 2.36. The van der Waals surface area contributed by atoms with Gasteiger partial charge in [0.1, 0.15) is 5.82 Å². The fourth-order valence-electron chi connectivity index (χ4n) is 2.77. The summed E-state index contributed by atoms with van der Waals surface area (Å²) < 4.78 is 0. The van der Waals surface area contributed by atoms with Crippen LogP contribution >= 0.6 is 0 Å². The van der Waals surface area contributed by atoms with Crippen LogP contribution < -0.4 is 16.6 Å². The first kappa shape index (κ1) is 15.5. The standard InChI is InChI=1S/C13H21N5O3/c14-17-11-5-4-10(18(20)21)12(16-11)15-8-13(9-19)6-2-1-3-7-13/h4-5,19H,1-3,6-9,14H2,(H2,15,16,17). The highest BCUT2D eigenvalue weighted by atomic mass is 16.6. The first-order chi connectivity index (χ1) is 10.1. The van der Waals surface area contributed by atoms with Gasteiger partial charge in [0.2, 0.25) is 5.82 Å². The summed E-state index contributed by atoms with van der Waals surface area (Å²) in [6.07, 6.45) is 5.15. The van der Waals surface area contributed by atoms with E-state index in [0.717, 1.165) is 25.7 Å². The maximum absolute atomic E-state index is 11.0. The van der Waals surface area contributed by atoms with Gasteiger partial charge >= 0.3 is 5.69 Å². The number of aromatic nitrogens is 1. The minimum atomic E-state index is -0.484. The molecule has 0 radical (unpaired) electrons. The van der Waals surface area contributed by atoms with Gasteiger partial charge in [-0.15, -0.1) is 0 Å². The smallest absolute Gasteiger partial charge is 0.311 e. The van der Waals surface area contributed by atoms with Gasteiger partial charge in [0.25, 0.3) is 0 Å². The minimum Gasteiger partial charge on any atom is -0.396 e. The number of pyridine rings is 1. The first-order valence-corrected chi connectivity index (χ1v) is 7.07. The zero-order valence-electron chi connectivity index (χ0n) is 11.8. The number of anilines is 2. The van der Waals surface area contributed by atoms with Crippen molar-refractivity contribution >= 4 is 17.3 Å². The van der Waals surface area contributed by atoms with Crippen molar-refractivity contribution in [2.24, 2.45) is 11.3 Å². The topological polar surface area (TPSA) is 126 Å². The molecular formula is C13H21N5O3. The lowest BCUT2D eigenvalue weighted by Crippen LogP contribution is -2.35. The summed E-state index contributed by atoms with van der Waals surface area (Å²) in [5.74, 6) is 5.81. The molecule has 116 valence electrons. The molecule has 0 aromatic carbocycles. The molecule has 0 unspecified atom stereocenters. The second kappa shape index (κ2) is 6.68. The van der Waals surface area contributed by atoms with Gasteiger partial charge in [-0.05, 0) is 18.9 Å². The molecule has 0 saturated heterocycles. The van der Waals surface area contributed by atoms with E-state index in [4.69, 9.17) is 5.84 Å². The Bertz CT molecular complexity index is 503. The Morgan fingerprint density at radius 2 is 2.10 bits per heavy atom. The van der Waals surface area contributed by atoms with E-state index < -0.39 is 4.92 Å². The number of hydrogen-bond donors (Lipinski definition) is 4. The van der Waals surface area contributed by atoms with Crippen LogP contribution in [0.15, 0.2) is 12.1 Å². The van der Waals surface area contributed by atoms with E-state index in [1.807, 2.05) is 0 Å². The molecule has 1 heterocycles. The molecule has 1 aliphatic carbocycles. The quantitative estimate of drug-likeness (QED) is 0.357. The normalized spacial score (nSPS) is 17.2. The monoisotopic (exact) mass is 295 g/mol. The number of hydrazine groups is 1. The highest BCUT2D eigenvalue weighted by Gasteiger charge is 2.32. The van der Waals surface area contributed by atoms with Crippen LogP contribution in [-0.2, 0) is 0 Å². The third-order valence-electron chi connectivity index (χ3n) is 4.10. The molecule has 0 amide bonds. The fourth-order valence-corrected chi connectivity index (χ4v) is 2.77. The lowest BCUT2D eigenvalue weighted by molar-refractivity contribution is -0.384. The van der Waals surface area contributed by atoms with Gasteiger partial charge in [-0.2, -0.15) is 0 Å². The maximum Gasteiger partial charge on any atom is 0.311 e. The second-order valence-electron chi connectivity index (χ2n) is 5.54. The Balaban J connectivity index is 2.15. The molecule has 8 nitrogen and oxygen atoms in total. The Morgan fingerprint density at radius 1 is 1.38 bits per heavy atom. The zero-order valence-corrected chi connectivity index (χ0v) is 11.8. The molecule has 1 aromatic heterocycles. The molecule has 5 N–H and O–H groups in total. The summed E-state index contributed by atoms with van der Waals surface area (Å²) in [6.45, 7) is 0.536. The van der Waals surface area contributed by atoms with Crippen molar-refractivity contribution in [2.75, 3.05) is 23.9 Å². The van der Waals surface area contributed by atoms with Crippen molar-refractivity contribution < 1.29 is 10.0 Å². The predicted molar refractivity (Wildman–Crippen MR) is 79.8 cm³/mol. The van der Waals surface area contributed by atoms with E-state index >= 15 is 0 Å². The van der Waals surface area contributed by atoms with Crippen molar-refractivity contribution in [3.05, 3.63) is 22.2 Å². The third-order valence-corrected chi connectivity index (χ3v) is 4.10. The van der Waals surface area contributed by atoms with E-state index in [9.17, 15) is 15.2 Å². The highest BCUT2D eigenvalue weighted by molar-refractivity contribution is 5.60. The SMILES string of the molecule is NNc1ccc([N+](=O)[O-])c(NCC2(CO)CCCCC2)n1. The Labute approximate surface area is 122 Å². The number of nitro groups is 1. The lowest BCUT2D eigenvalue weighted by atomic mass is 9.74. The second-order valence-corrected chi connectivity index (χ2v) is 5.54. The number of rotatable bonds is 6. The minimum absolute atomic E-state index is 0.0721. The molecule has 2 rings (SSSR count). The van der Waals surface area contributed by atoms with Crippen molar-refractivity contribution in [2.45, 2.75) is 32.1 Å². The van der Waals surface area contributed by atoms with Gasteiger partial charge in [0, 0.05) is 18.0 Å². The van der Waals surface area contributed by atoms with Gasteiger partial charge in [-0.3, -0.25) is 10.1 Å². The van der Waals surface area contributed by atoms with Crippen LogP contribution in [0.25, 0.3) is 0 Å². The van der Waals surface area contributed by atoms with Gasteiger partial charge in [0.05, 0.1) is 11.5 Å². The number of aliphatic hydroxyl groups excluding tert-OH is 1. The lowest BCUT2D eigenvalue weighted by Gasteiger charge is -2.35. The number of nitrogens with two attached hydrogens (primary N) is 1.